The summed E-state index contributed by atoms with van der Waals surface area (Å²) in [6, 6.07) is 5.39. The number of ether oxygens (including phenoxy) is 1. The molecule has 2 rings (SSSR count). The predicted octanol–water partition coefficient (Wildman–Crippen LogP) is 3.77. The maximum atomic E-state index is 10.5. The number of methoxy groups -OCH3 is 1. The van der Waals surface area contributed by atoms with Crippen LogP contribution in [0.1, 0.15) is 43.0 Å². The van der Waals surface area contributed by atoms with Crippen LogP contribution in [0.5, 0.6) is 5.75 Å². The monoisotopic (exact) mass is 326 g/mol. The molecule has 0 saturated carbocycles. The van der Waals surface area contributed by atoms with Crippen LogP contribution in [0.2, 0.25) is 5.02 Å². The molecule has 0 amide bonds. The van der Waals surface area contributed by atoms with Crippen molar-refractivity contribution in [3.63, 3.8) is 0 Å². The van der Waals surface area contributed by atoms with Gasteiger partial charge in [0.15, 0.2) is 0 Å². The van der Waals surface area contributed by atoms with Crippen LogP contribution in [0.3, 0.4) is 0 Å². The Balaban J connectivity index is 2.29. The van der Waals surface area contributed by atoms with Crippen LogP contribution in [-0.4, -0.2) is 21.8 Å². The quantitative estimate of drug-likeness (QED) is 0.929. The Morgan fingerprint density at radius 2 is 2.10 bits per heavy atom. The van der Waals surface area contributed by atoms with Gasteiger partial charge in [-0.25, -0.2) is 0 Å². The summed E-state index contributed by atoms with van der Waals surface area (Å²) in [7, 11) is 1.61. The van der Waals surface area contributed by atoms with E-state index < -0.39 is 6.10 Å². The van der Waals surface area contributed by atoms with Gasteiger partial charge in [-0.05, 0) is 35.3 Å². The fraction of sp³-hybridized carbons (Fsp3) is 0.467. The molecule has 0 radical (unpaired) electrons. The number of hydrogen-bond acceptors (Lipinski definition) is 5. The molecule has 1 aromatic heterocycles. The highest BCUT2D eigenvalue weighted by atomic mass is 35.5. The first kappa shape index (κ1) is 16.2. The van der Waals surface area contributed by atoms with Gasteiger partial charge in [0.1, 0.15) is 5.75 Å². The average Bonchev–Trinajstić information content (AvgIpc) is 2.88. The Morgan fingerprint density at radius 3 is 2.71 bits per heavy atom. The lowest BCUT2D eigenvalue weighted by atomic mass is 9.89. The molecule has 114 valence electrons. The molecule has 1 aromatic carbocycles. The van der Waals surface area contributed by atoms with E-state index >= 15 is 0 Å². The summed E-state index contributed by atoms with van der Waals surface area (Å²) in [4.78, 5) is 0.796. The lowest BCUT2D eigenvalue weighted by Gasteiger charge is -2.19. The first-order valence-corrected chi connectivity index (χ1v) is 7.81. The molecular formula is C15H19ClN2O2S. The van der Waals surface area contributed by atoms with Gasteiger partial charge in [0, 0.05) is 16.9 Å². The highest BCUT2D eigenvalue weighted by Gasteiger charge is 2.27. The van der Waals surface area contributed by atoms with Crippen molar-refractivity contribution in [2.24, 2.45) is 0 Å². The van der Waals surface area contributed by atoms with Gasteiger partial charge >= 0.3 is 0 Å². The second kappa shape index (κ2) is 6.30. The van der Waals surface area contributed by atoms with E-state index in [2.05, 4.69) is 30.4 Å². The highest BCUT2D eigenvalue weighted by Crippen LogP contribution is 2.34. The number of hydrogen-bond donors (Lipinski definition) is 1. The second-order valence-electron chi connectivity index (χ2n) is 5.91. The van der Waals surface area contributed by atoms with Crippen LogP contribution in [0, 0.1) is 0 Å². The zero-order chi connectivity index (χ0) is 15.6. The van der Waals surface area contributed by atoms with Crippen molar-refractivity contribution in [1.82, 2.24) is 9.59 Å². The van der Waals surface area contributed by atoms with Crippen LogP contribution >= 0.6 is 23.1 Å². The van der Waals surface area contributed by atoms with E-state index in [1.54, 1.807) is 19.2 Å². The number of aliphatic hydroxyl groups is 1. The molecule has 21 heavy (non-hydrogen) atoms. The van der Waals surface area contributed by atoms with Gasteiger partial charge in [-0.3, -0.25) is 0 Å². The van der Waals surface area contributed by atoms with E-state index in [0.29, 0.717) is 17.2 Å². The van der Waals surface area contributed by atoms with E-state index in [-0.39, 0.29) is 5.41 Å². The lowest BCUT2D eigenvalue weighted by molar-refractivity contribution is 0.178. The SMILES string of the molecule is COc1ccc(Cl)cc1CC(O)c1snnc1C(C)(C)C. The van der Waals surface area contributed by atoms with Gasteiger partial charge in [-0.1, -0.05) is 36.9 Å². The number of aromatic nitrogens is 2. The molecule has 0 aliphatic heterocycles. The smallest absolute Gasteiger partial charge is 0.122 e. The number of benzene rings is 1. The molecule has 6 heteroatoms. The molecular weight excluding hydrogens is 308 g/mol. The van der Waals surface area contributed by atoms with E-state index in [1.165, 1.54) is 11.5 Å². The Morgan fingerprint density at radius 1 is 1.38 bits per heavy atom. The van der Waals surface area contributed by atoms with Crippen LogP contribution in [0.25, 0.3) is 0 Å². The molecule has 2 aromatic rings. The molecule has 1 atom stereocenters. The molecule has 0 spiro atoms. The Hall–Kier alpha value is -1.17. The van der Waals surface area contributed by atoms with Gasteiger partial charge in [-0.15, -0.1) is 5.10 Å². The van der Waals surface area contributed by atoms with Gasteiger partial charge in [-0.2, -0.15) is 0 Å². The van der Waals surface area contributed by atoms with Crippen LogP contribution in [0.4, 0.5) is 0 Å². The molecule has 0 aliphatic rings. The third kappa shape index (κ3) is 3.73. The van der Waals surface area contributed by atoms with Crippen molar-refractivity contribution in [2.45, 2.75) is 38.7 Å². The minimum absolute atomic E-state index is 0.151. The predicted molar refractivity (Wildman–Crippen MR) is 85.3 cm³/mol. The third-order valence-electron chi connectivity index (χ3n) is 3.18. The van der Waals surface area contributed by atoms with Crippen LogP contribution in [-0.2, 0) is 11.8 Å². The summed E-state index contributed by atoms with van der Waals surface area (Å²) in [6.45, 7) is 6.17. The first-order chi connectivity index (χ1) is 9.82. The summed E-state index contributed by atoms with van der Waals surface area (Å²) < 4.78 is 9.30. The van der Waals surface area contributed by atoms with Gasteiger partial charge in [0.2, 0.25) is 0 Å². The van der Waals surface area contributed by atoms with Crippen molar-refractivity contribution in [3.05, 3.63) is 39.4 Å². The van der Waals surface area contributed by atoms with Gasteiger partial charge < -0.3 is 9.84 Å². The molecule has 0 bridgehead atoms. The van der Waals surface area contributed by atoms with E-state index in [1.807, 2.05) is 6.07 Å². The number of nitrogens with zero attached hydrogens (tertiary/aromatic N) is 2. The summed E-state index contributed by atoms with van der Waals surface area (Å²) in [5, 5.41) is 15.3. The molecule has 0 saturated heterocycles. The summed E-state index contributed by atoms with van der Waals surface area (Å²) in [6.07, 6.45) is -0.261. The van der Waals surface area contributed by atoms with E-state index in [0.717, 1.165) is 16.1 Å². The van der Waals surface area contributed by atoms with Gasteiger partial charge in [0.05, 0.1) is 23.8 Å². The number of halogens is 1. The van der Waals surface area contributed by atoms with Crippen LogP contribution in [0.15, 0.2) is 18.2 Å². The first-order valence-electron chi connectivity index (χ1n) is 6.66. The molecule has 1 unspecified atom stereocenters. The van der Waals surface area contributed by atoms with Crippen molar-refractivity contribution >= 4 is 23.1 Å². The fourth-order valence-electron chi connectivity index (χ4n) is 2.14. The average molecular weight is 327 g/mol. The molecule has 0 fully saturated rings. The number of aliphatic hydroxyl groups excluding tert-OH is 1. The Labute approximate surface area is 133 Å². The van der Waals surface area contributed by atoms with Crippen molar-refractivity contribution in [2.75, 3.05) is 7.11 Å². The zero-order valence-corrected chi connectivity index (χ0v) is 14.1. The fourth-order valence-corrected chi connectivity index (χ4v) is 3.19. The van der Waals surface area contributed by atoms with E-state index in [4.69, 9.17) is 16.3 Å². The van der Waals surface area contributed by atoms with E-state index in [9.17, 15) is 5.11 Å². The minimum Gasteiger partial charge on any atom is -0.496 e. The third-order valence-corrected chi connectivity index (χ3v) is 4.24. The minimum atomic E-state index is -0.674. The Bertz CT molecular complexity index is 622. The second-order valence-corrected chi connectivity index (χ2v) is 7.13. The summed E-state index contributed by atoms with van der Waals surface area (Å²) in [5.41, 5.74) is 1.55. The molecule has 1 N–H and O–H groups in total. The van der Waals surface area contributed by atoms with Crippen molar-refractivity contribution in [3.8, 4) is 5.75 Å². The summed E-state index contributed by atoms with van der Waals surface area (Å²) >= 11 is 7.26. The van der Waals surface area contributed by atoms with Crippen LogP contribution < -0.4 is 4.74 Å². The number of rotatable bonds is 4. The summed E-state index contributed by atoms with van der Waals surface area (Å²) in [5.74, 6) is 0.716. The normalized spacial score (nSPS) is 13.2. The highest BCUT2D eigenvalue weighted by molar-refractivity contribution is 7.05. The largest absolute Gasteiger partial charge is 0.496 e. The van der Waals surface area contributed by atoms with Gasteiger partial charge in [0.25, 0.3) is 0 Å². The molecule has 4 nitrogen and oxygen atoms in total. The Kier molecular flexibility index (Phi) is 4.86. The molecule has 0 aliphatic carbocycles. The maximum Gasteiger partial charge on any atom is 0.122 e. The topological polar surface area (TPSA) is 55.2 Å². The maximum absolute atomic E-state index is 10.5. The lowest BCUT2D eigenvalue weighted by Crippen LogP contribution is -2.16. The zero-order valence-electron chi connectivity index (χ0n) is 12.6. The van der Waals surface area contributed by atoms with Crippen molar-refractivity contribution < 1.29 is 9.84 Å². The molecule has 1 heterocycles. The van der Waals surface area contributed by atoms with Crippen molar-refractivity contribution in [1.29, 1.82) is 0 Å². The standard InChI is InChI=1S/C15H19ClN2O2S/c1-15(2,3)14-13(21-18-17-14)11(19)8-9-7-10(16)5-6-12(9)20-4/h5-7,11,19H,8H2,1-4H3.